The van der Waals surface area contributed by atoms with Gasteiger partial charge in [0.15, 0.2) is 0 Å². The first kappa shape index (κ1) is 16.0. The molecule has 22 heavy (non-hydrogen) atoms. The van der Waals surface area contributed by atoms with E-state index in [1.165, 1.54) is 35.3 Å². The van der Waals surface area contributed by atoms with Gasteiger partial charge in [-0.1, -0.05) is 12.1 Å². The van der Waals surface area contributed by atoms with Crippen LogP contribution in [0.4, 0.5) is 23.2 Å². The summed E-state index contributed by atoms with van der Waals surface area (Å²) in [5.41, 5.74) is 0.389. The molecule has 0 fully saturated rings. The number of ether oxygens (including phenoxy) is 1. The van der Waals surface area contributed by atoms with Gasteiger partial charge in [-0.05, 0) is 12.1 Å². The lowest BCUT2D eigenvalue weighted by atomic mass is 10.3. The smallest absolute Gasteiger partial charge is 0.362 e. The van der Waals surface area contributed by atoms with Crippen molar-refractivity contribution in [1.29, 1.82) is 0 Å². The van der Waals surface area contributed by atoms with E-state index in [0.29, 0.717) is 0 Å². The van der Waals surface area contributed by atoms with Crippen molar-refractivity contribution in [2.75, 3.05) is 18.5 Å². The van der Waals surface area contributed by atoms with Crippen LogP contribution in [-0.2, 0) is 9.53 Å². The molecular weight excluding hydrogens is 306 g/mol. The molecule has 1 aromatic carbocycles. The van der Waals surface area contributed by atoms with Crippen molar-refractivity contribution in [3.8, 4) is 5.69 Å². The predicted octanol–water partition coefficient (Wildman–Crippen LogP) is 2.53. The molecule has 0 atom stereocenters. The van der Waals surface area contributed by atoms with Crippen LogP contribution < -0.4 is 5.32 Å². The van der Waals surface area contributed by atoms with Crippen molar-refractivity contribution >= 4 is 11.6 Å². The summed E-state index contributed by atoms with van der Waals surface area (Å²) in [6.07, 6.45) is -1.91. The van der Waals surface area contributed by atoms with E-state index < -0.39 is 31.1 Å². The van der Waals surface area contributed by atoms with E-state index in [9.17, 15) is 22.4 Å². The highest BCUT2D eigenvalue weighted by atomic mass is 19.4. The number of nitrogens with one attached hydrogen (secondary N) is 1. The minimum atomic E-state index is -4.49. The lowest BCUT2D eigenvalue weighted by Crippen LogP contribution is -2.23. The van der Waals surface area contributed by atoms with Crippen molar-refractivity contribution in [1.82, 2.24) is 9.78 Å². The van der Waals surface area contributed by atoms with Crippen LogP contribution in [0.5, 0.6) is 0 Å². The second-order valence-corrected chi connectivity index (χ2v) is 4.28. The topological polar surface area (TPSA) is 56.1 Å². The molecule has 1 aromatic heterocycles. The number of nitrogens with zero attached hydrogens (tertiary/aromatic N) is 2. The summed E-state index contributed by atoms with van der Waals surface area (Å²) in [4.78, 5) is 11.4. The van der Waals surface area contributed by atoms with Gasteiger partial charge in [0.05, 0.1) is 18.1 Å². The summed E-state index contributed by atoms with van der Waals surface area (Å²) < 4.78 is 54.5. The fraction of sp³-hybridized carbons (Fsp3) is 0.231. The highest BCUT2D eigenvalue weighted by molar-refractivity contribution is 5.91. The van der Waals surface area contributed by atoms with Gasteiger partial charge in [0.25, 0.3) is 0 Å². The van der Waals surface area contributed by atoms with Crippen LogP contribution in [0, 0.1) is 5.82 Å². The Kier molecular flexibility index (Phi) is 4.76. The van der Waals surface area contributed by atoms with Crippen LogP contribution in [0.1, 0.15) is 0 Å². The molecule has 0 saturated carbocycles. The van der Waals surface area contributed by atoms with E-state index in [0.717, 1.165) is 0 Å². The summed E-state index contributed by atoms with van der Waals surface area (Å²) in [7, 11) is 0. The number of anilines is 1. The molecule has 1 N–H and O–H groups in total. The van der Waals surface area contributed by atoms with Gasteiger partial charge in [0.2, 0.25) is 5.91 Å². The van der Waals surface area contributed by atoms with Gasteiger partial charge in [-0.25, -0.2) is 9.07 Å². The minimum Gasteiger partial charge on any atom is -0.362 e. The predicted molar refractivity (Wildman–Crippen MR) is 69.0 cm³/mol. The molecule has 118 valence electrons. The van der Waals surface area contributed by atoms with E-state index >= 15 is 0 Å². The van der Waals surface area contributed by atoms with Gasteiger partial charge in [-0.15, -0.1) is 0 Å². The molecule has 2 rings (SSSR count). The van der Waals surface area contributed by atoms with Crippen LogP contribution >= 0.6 is 0 Å². The number of carbonyl (C=O) groups excluding carboxylic acids is 1. The molecule has 1 heterocycles. The Labute approximate surface area is 122 Å². The zero-order valence-electron chi connectivity index (χ0n) is 11.1. The first-order valence-corrected chi connectivity index (χ1v) is 6.09. The van der Waals surface area contributed by atoms with Crippen molar-refractivity contribution in [3.05, 3.63) is 42.5 Å². The van der Waals surface area contributed by atoms with Gasteiger partial charge >= 0.3 is 6.18 Å². The molecule has 5 nitrogen and oxygen atoms in total. The van der Waals surface area contributed by atoms with E-state index in [2.05, 4.69) is 15.2 Å². The number of rotatable bonds is 5. The Bertz CT molecular complexity index is 655. The maximum absolute atomic E-state index is 13.6. The third-order valence-corrected chi connectivity index (χ3v) is 2.46. The van der Waals surface area contributed by atoms with Crippen molar-refractivity contribution < 1.29 is 27.1 Å². The number of halogens is 4. The number of carbonyl (C=O) groups is 1. The van der Waals surface area contributed by atoms with E-state index in [-0.39, 0.29) is 11.4 Å². The monoisotopic (exact) mass is 317 g/mol. The van der Waals surface area contributed by atoms with Crippen LogP contribution in [0.2, 0.25) is 0 Å². The third-order valence-electron chi connectivity index (χ3n) is 2.46. The number of para-hydroxylation sites is 1. The molecule has 0 aliphatic carbocycles. The van der Waals surface area contributed by atoms with Crippen LogP contribution in [0.25, 0.3) is 5.69 Å². The fourth-order valence-electron chi connectivity index (χ4n) is 1.61. The Morgan fingerprint density at radius 2 is 2.05 bits per heavy atom. The Morgan fingerprint density at radius 3 is 2.73 bits per heavy atom. The van der Waals surface area contributed by atoms with Gasteiger partial charge in [-0.2, -0.15) is 18.3 Å². The van der Waals surface area contributed by atoms with Crippen molar-refractivity contribution in [2.45, 2.75) is 6.18 Å². The number of hydrogen-bond acceptors (Lipinski definition) is 3. The second kappa shape index (κ2) is 6.56. The number of hydrogen-bond donors (Lipinski definition) is 1. The van der Waals surface area contributed by atoms with Gasteiger partial charge in [0, 0.05) is 0 Å². The van der Waals surface area contributed by atoms with Crippen LogP contribution in [-0.4, -0.2) is 35.1 Å². The molecule has 0 aliphatic rings. The highest BCUT2D eigenvalue weighted by Crippen LogP contribution is 2.16. The summed E-state index contributed by atoms with van der Waals surface area (Å²) in [6, 6.07) is 5.87. The number of amides is 1. The molecule has 0 unspecified atom stereocenters. The molecular formula is C13H11F4N3O2. The average Bonchev–Trinajstić information content (AvgIpc) is 2.86. The van der Waals surface area contributed by atoms with E-state index in [4.69, 9.17) is 0 Å². The largest absolute Gasteiger partial charge is 0.411 e. The van der Waals surface area contributed by atoms with E-state index in [1.54, 1.807) is 6.07 Å². The standard InChI is InChI=1S/C13H11F4N3O2/c14-10-3-1-2-4-11(10)20-6-9(5-18-20)19-12(21)7-22-8-13(15,16)17/h1-6H,7-8H2,(H,19,21). The summed E-state index contributed by atoms with van der Waals surface area (Å²) in [6.45, 7) is -2.25. The molecule has 0 radical (unpaired) electrons. The number of benzene rings is 1. The number of aromatic nitrogens is 2. The third kappa shape index (κ3) is 4.55. The Hall–Kier alpha value is -2.42. The SMILES string of the molecule is O=C(COCC(F)(F)F)Nc1cnn(-c2ccccc2F)c1. The quantitative estimate of drug-likeness (QED) is 0.862. The van der Waals surface area contributed by atoms with Crippen molar-refractivity contribution in [2.24, 2.45) is 0 Å². The average molecular weight is 317 g/mol. The summed E-state index contributed by atoms with van der Waals surface area (Å²) in [5, 5.41) is 6.16. The first-order valence-electron chi connectivity index (χ1n) is 6.09. The van der Waals surface area contributed by atoms with Gasteiger partial charge in [-0.3, -0.25) is 4.79 Å². The van der Waals surface area contributed by atoms with Gasteiger partial charge < -0.3 is 10.1 Å². The highest BCUT2D eigenvalue weighted by Gasteiger charge is 2.27. The molecule has 0 spiro atoms. The molecule has 0 saturated heterocycles. The summed E-state index contributed by atoms with van der Waals surface area (Å²) in [5.74, 6) is -1.27. The molecule has 0 bridgehead atoms. The molecule has 9 heteroatoms. The van der Waals surface area contributed by atoms with Gasteiger partial charge in [0.1, 0.15) is 24.7 Å². The maximum Gasteiger partial charge on any atom is 0.411 e. The zero-order valence-corrected chi connectivity index (χ0v) is 11.1. The van der Waals surface area contributed by atoms with Crippen molar-refractivity contribution in [3.63, 3.8) is 0 Å². The Balaban J connectivity index is 1.92. The number of alkyl halides is 3. The molecule has 0 aliphatic heterocycles. The van der Waals surface area contributed by atoms with Crippen LogP contribution in [0.3, 0.4) is 0 Å². The maximum atomic E-state index is 13.6. The minimum absolute atomic E-state index is 0.177. The lowest BCUT2D eigenvalue weighted by Gasteiger charge is -2.07. The van der Waals surface area contributed by atoms with Crippen LogP contribution in [0.15, 0.2) is 36.7 Å². The Morgan fingerprint density at radius 1 is 1.32 bits per heavy atom. The van der Waals surface area contributed by atoms with E-state index in [1.807, 2.05) is 0 Å². The first-order chi connectivity index (χ1) is 10.3. The normalized spacial score (nSPS) is 11.5. The lowest BCUT2D eigenvalue weighted by molar-refractivity contribution is -0.174. The molecule has 1 amide bonds. The zero-order chi connectivity index (χ0) is 16.2. The molecule has 2 aromatic rings. The fourth-order valence-corrected chi connectivity index (χ4v) is 1.61. The summed E-state index contributed by atoms with van der Waals surface area (Å²) >= 11 is 0. The second-order valence-electron chi connectivity index (χ2n) is 4.28.